The van der Waals surface area contributed by atoms with Gasteiger partial charge in [0.2, 0.25) is 11.9 Å². The first-order chi connectivity index (χ1) is 16.3. The van der Waals surface area contributed by atoms with Gasteiger partial charge in [0.25, 0.3) is 0 Å². The second-order valence-electron chi connectivity index (χ2n) is 7.30. The molecular formula is C23H16F3N7O. The summed E-state index contributed by atoms with van der Waals surface area (Å²) in [4.78, 5) is 11.1. The lowest BCUT2D eigenvalue weighted by molar-refractivity contribution is -0.137. The maximum atomic E-state index is 12.9. The molecule has 0 saturated heterocycles. The highest BCUT2D eigenvalue weighted by atomic mass is 19.4. The SMILES string of the molecule is Nc1ncc2cc(Oc3ccc(-c4nnc(Nc5cccc(C(F)(F)F)c5)[nH]4)cc3)ccc2n1. The van der Waals surface area contributed by atoms with E-state index in [0.717, 1.165) is 28.6 Å². The maximum Gasteiger partial charge on any atom is 0.416 e. The van der Waals surface area contributed by atoms with Crippen molar-refractivity contribution in [3.05, 3.63) is 78.5 Å². The minimum atomic E-state index is -4.43. The zero-order chi connectivity index (χ0) is 23.7. The summed E-state index contributed by atoms with van der Waals surface area (Å²) in [6, 6.07) is 17.3. The molecular weight excluding hydrogens is 447 g/mol. The lowest BCUT2D eigenvalue weighted by atomic mass is 10.2. The highest BCUT2D eigenvalue weighted by Gasteiger charge is 2.30. The molecule has 11 heteroatoms. The molecule has 0 aliphatic heterocycles. The summed E-state index contributed by atoms with van der Waals surface area (Å²) < 4.78 is 44.6. The largest absolute Gasteiger partial charge is 0.457 e. The molecule has 0 unspecified atom stereocenters. The zero-order valence-corrected chi connectivity index (χ0v) is 17.3. The number of ether oxygens (including phenoxy) is 1. The fourth-order valence-corrected chi connectivity index (χ4v) is 3.26. The number of hydrogen-bond donors (Lipinski definition) is 3. The molecule has 8 nitrogen and oxygen atoms in total. The minimum Gasteiger partial charge on any atom is -0.457 e. The predicted octanol–water partition coefficient (Wildman–Crippen LogP) is 5.55. The number of H-pyrrole nitrogens is 1. The van der Waals surface area contributed by atoms with Crippen LogP contribution >= 0.6 is 0 Å². The number of nitrogens with two attached hydrogens (primary N) is 1. The van der Waals surface area contributed by atoms with E-state index >= 15 is 0 Å². The molecule has 0 fully saturated rings. The van der Waals surface area contributed by atoms with Crippen LogP contribution in [0, 0.1) is 0 Å². The third-order valence-electron chi connectivity index (χ3n) is 4.87. The van der Waals surface area contributed by atoms with Gasteiger partial charge in [0.1, 0.15) is 11.5 Å². The van der Waals surface area contributed by atoms with E-state index in [0.29, 0.717) is 17.3 Å². The highest BCUT2D eigenvalue weighted by Crippen LogP contribution is 2.31. The first-order valence-corrected chi connectivity index (χ1v) is 10.0. The lowest BCUT2D eigenvalue weighted by Gasteiger charge is -2.08. The van der Waals surface area contributed by atoms with Crippen LogP contribution in [0.2, 0.25) is 0 Å². The summed E-state index contributed by atoms with van der Waals surface area (Å²) in [5.41, 5.74) is 6.52. The molecule has 170 valence electrons. The first-order valence-electron chi connectivity index (χ1n) is 10.0. The van der Waals surface area contributed by atoms with Crippen molar-refractivity contribution in [2.75, 3.05) is 11.1 Å². The molecule has 34 heavy (non-hydrogen) atoms. The second kappa shape index (κ2) is 8.35. The van der Waals surface area contributed by atoms with E-state index in [1.165, 1.54) is 12.1 Å². The maximum absolute atomic E-state index is 12.9. The zero-order valence-electron chi connectivity index (χ0n) is 17.3. The molecule has 3 aromatic carbocycles. The Morgan fingerprint density at radius 1 is 0.912 bits per heavy atom. The molecule has 5 aromatic rings. The summed E-state index contributed by atoms with van der Waals surface area (Å²) in [5.74, 6) is 2.08. The molecule has 5 rings (SSSR count). The summed E-state index contributed by atoms with van der Waals surface area (Å²) >= 11 is 0. The summed E-state index contributed by atoms with van der Waals surface area (Å²) in [5, 5.41) is 11.6. The predicted molar refractivity (Wildman–Crippen MR) is 121 cm³/mol. The number of nitrogens with one attached hydrogen (secondary N) is 2. The summed E-state index contributed by atoms with van der Waals surface area (Å²) in [6.45, 7) is 0. The number of aromatic nitrogens is 5. The van der Waals surface area contributed by atoms with Crippen LogP contribution in [0.15, 0.2) is 72.9 Å². The van der Waals surface area contributed by atoms with Gasteiger partial charge in [-0.15, -0.1) is 10.2 Å². The Labute approximate surface area is 190 Å². The van der Waals surface area contributed by atoms with Crippen molar-refractivity contribution in [3.63, 3.8) is 0 Å². The van der Waals surface area contributed by atoms with E-state index < -0.39 is 11.7 Å². The van der Waals surface area contributed by atoms with Crippen LogP contribution in [0.1, 0.15) is 5.56 Å². The van der Waals surface area contributed by atoms with Gasteiger partial charge in [0.15, 0.2) is 5.82 Å². The fourth-order valence-electron chi connectivity index (χ4n) is 3.26. The number of hydrogen-bond acceptors (Lipinski definition) is 7. The van der Waals surface area contributed by atoms with E-state index in [-0.39, 0.29) is 17.6 Å². The number of fused-ring (bicyclic) bond motifs is 1. The van der Waals surface area contributed by atoms with Gasteiger partial charge in [0.05, 0.1) is 11.1 Å². The van der Waals surface area contributed by atoms with Gasteiger partial charge in [0, 0.05) is 22.8 Å². The highest BCUT2D eigenvalue weighted by molar-refractivity contribution is 5.80. The molecule has 2 aromatic heterocycles. The van der Waals surface area contributed by atoms with Gasteiger partial charge in [-0.25, -0.2) is 9.97 Å². The molecule has 4 N–H and O–H groups in total. The Morgan fingerprint density at radius 2 is 1.71 bits per heavy atom. The van der Waals surface area contributed by atoms with Crippen molar-refractivity contribution in [1.82, 2.24) is 25.1 Å². The average Bonchev–Trinajstić information content (AvgIpc) is 3.28. The first kappa shape index (κ1) is 21.2. The quantitative estimate of drug-likeness (QED) is 0.313. The van der Waals surface area contributed by atoms with Crippen LogP contribution in [0.4, 0.5) is 30.8 Å². The number of halogens is 3. The average molecular weight is 463 g/mol. The smallest absolute Gasteiger partial charge is 0.416 e. The molecule has 0 spiro atoms. The number of rotatable bonds is 5. The van der Waals surface area contributed by atoms with Crippen molar-refractivity contribution in [2.45, 2.75) is 6.18 Å². The number of benzene rings is 3. The number of aromatic amines is 1. The lowest BCUT2D eigenvalue weighted by Crippen LogP contribution is -2.05. The van der Waals surface area contributed by atoms with Crippen LogP contribution in [0.3, 0.4) is 0 Å². The van der Waals surface area contributed by atoms with E-state index in [2.05, 4.69) is 30.5 Å². The molecule has 0 atom stereocenters. The molecule has 0 radical (unpaired) electrons. The van der Waals surface area contributed by atoms with Crippen LogP contribution in [-0.4, -0.2) is 25.1 Å². The van der Waals surface area contributed by atoms with Gasteiger partial charge < -0.3 is 20.8 Å². The molecule has 2 heterocycles. The van der Waals surface area contributed by atoms with E-state index in [1.807, 2.05) is 6.07 Å². The number of nitrogens with zero attached hydrogens (tertiary/aromatic N) is 4. The summed E-state index contributed by atoms with van der Waals surface area (Å²) in [6.07, 6.45) is -2.80. The Kier molecular flexibility index (Phi) is 5.21. The molecule has 0 saturated carbocycles. The number of alkyl halides is 3. The Morgan fingerprint density at radius 3 is 2.50 bits per heavy atom. The Bertz CT molecular complexity index is 1470. The Balaban J connectivity index is 1.28. The number of nitrogen functional groups attached to an aromatic ring is 1. The summed E-state index contributed by atoms with van der Waals surface area (Å²) in [7, 11) is 0. The van der Waals surface area contributed by atoms with Gasteiger partial charge in [-0.05, 0) is 60.7 Å². The van der Waals surface area contributed by atoms with Gasteiger partial charge in [-0.2, -0.15) is 13.2 Å². The third-order valence-corrected chi connectivity index (χ3v) is 4.87. The van der Waals surface area contributed by atoms with E-state index in [1.54, 1.807) is 42.6 Å². The van der Waals surface area contributed by atoms with Crippen LogP contribution in [0.5, 0.6) is 11.5 Å². The van der Waals surface area contributed by atoms with Crippen molar-refractivity contribution < 1.29 is 17.9 Å². The number of anilines is 3. The molecule has 0 aliphatic carbocycles. The monoisotopic (exact) mass is 463 g/mol. The van der Waals surface area contributed by atoms with Crippen LogP contribution in [-0.2, 0) is 6.18 Å². The normalized spacial score (nSPS) is 11.5. The standard InChI is InChI=1S/C23H16F3N7O/c24-23(25,26)15-2-1-3-16(11-15)29-22-31-20(32-33-22)13-4-6-17(7-5-13)34-18-8-9-19-14(10-18)12-28-21(27)30-19/h1-12H,(H2,27,28,30)(H2,29,31,32,33). The molecule has 0 bridgehead atoms. The third kappa shape index (κ3) is 4.58. The second-order valence-corrected chi connectivity index (χ2v) is 7.30. The molecule has 0 aliphatic rings. The van der Waals surface area contributed by atoms with Crippen molar-refractivity contribution in [2.24, 2.45) is 0 Å². The van der Waals surface area contributed by atoms with E-state index in [9.17, 15) is 13.2 Å². The topological polar surface area (TPSA) is 115 Å². The van der Waals surface area contributed by atoms with Crippen LogP contribution < -0.4 is 15.8 Å². The van der Waals surface area contributed by atoms with Crippen molar-refractivity contribution >= 4 is 28.5 Å². The Hall–Kier alpha value is -4.67. The van der Waals surface area contributed by atoms with Gasteiger partial charge in [-0.3, -0.25) is 0 Å². The fraction of sp³-hybridized carbons (Fsp3) is 0.0435. The van der Waals surface area contributed by atoms with Gasteiger partial charge in [-0.1, -0.05) is 6.07 Å². The van der Waals surface area contributed by atoms with E-state index in [4.69, 9.17) is 10.5 Å². The van der Waals surface area contributed by atoms with Crippen molar-refractivity contribution in [1.29, 1.82) is 0 Å². The van der Waals surface area contributed by atoms with Crippen molar-refractivity contribution in [3.8, 4) is 22.9 Å². The van der Waals surface area contributed by atoms with Gasteiger partial charge >= 0.3 is 6.18 Å². The molecule has 0 amide bonds. The minimum absolute atomic E-state index is 0.206. The van der Waals surface area contributed by atoms with Crippen LogP contribution in [0.25, 0.3) is 22.3 Å².